The van der Waals surface area contributed by atoms with E-state index in [9.17, 15) is 0 Å². The van der Waals surface area contributed by atoms with Gasteiger partial charge in [0.15, 0.2) is 0 Å². The summed E-state index contributed by atoms with van der Waals surface area (Å²) in [6, 6.07) is 8.72. The molecule has 0 unspecified atom stereocenters. The summed E-state index contributed by atoms with van der Waals surface area (Å²) in [5.41, 5.74) is 3.12. The van der Waals surface area contributed by atoms with Crippen molar-refractivity contribution >= 4 is 0 Å². The van der Waals surface area contributed by atoms with Gasteiger partial charge in [0.2, 0.25) is 0 Å². The quantitative estimate of drug-likeness (QED) is 0.742. The second-order valence-electron chi connectivity index (χ2n) is 5.08. The Morgan fingerprint density at radius 2 is 1.80 bits per heavy atom. The van der Waals surface area contributed by atoms with Crippen LogP contribution in [0, 0.1) is 0 Å². The molecule has 15 heavy (non-hydrogen) atoms. The molecular weight excluding hydrogens is 182 g/mol. The van der Waals surface area contributed by atoms with E-state index in [1.54, 1.807) is 0 Å². The van der Waals surface area contributed by atoms with Crippen molar-refractivity contribution in [1.29, 1.82) is 0 Å². The lowest BCUT2D eigenvalue weighted by Gasteiger charge is -2.23. The van der Waals surface area contributed by atoms with Gasteiger partial charge in [0.25, 0.3) is 0 Å². The molecule has 1 nitrogen and oxygen atoms in total. The second kappa shape index (κ2) is 5.32. The highest BCUT2D eigenvalue weighted by Crippen LogP contribution is 2.25. The van der Waals surface area contributed by atoms with E-state index in [-0.39, 0.29) is 5.41 Å². The van der Waals surface area contributed by atoms with Crippen LogP contribution in [0.3, 0.4) is 0 Å². The predicted molar refractivity (Wildman–Crippen MR) is 67.1 cm³/mol. The van der Waals surface area contributed by atoms with Crippen LogP contribution in [0.2, 0.25) is 0 Å². The third-order valence-electron chi connectivity index (χ3n) is 2.57. The Morgan fingerprint density at radius 1 is 1.13 bits per heavy atom. The molecule has 0 aromatic heterocycles. The largest absolute Gasteiger partial charge is 0.313 e. The van der Waals surface area contributed by atoms with Crippen molar-refractivity contribution in [2.45, 2.75) is 46.1 Å². The first kappa shape index (κ1) is 12.3. The van der Waals surface area contributed by atoms with Crippen LogP contribution in [0.4, 0.5) is 0 Å². The van der Waals surface area contributed by atoms with Crippen molar-refractivity contribution in [3.05, 3.63) is 35.4 Å². The molecule has 0 saturated carbocycles. The summed E-state index contributed by atoms with van der Waals surface area (Å²) in [5, 5.41) is 3.46. The fourth-order valence-corrected chi connectivity index (χ4v) is 1.81. The summed E-state index contributed by atoms with van der Waals surface area (Å²) in [6.07, 6.45) is 1.19. The minimum atomic E-state index is 0.241. The number of nitrogens with one attached hydrogen (secondary N) is 1. The van der Waals surface area contributed by atoms with Crippen LogP contribution >= 0.6 is 0 Å². The molecule has 0 radical (unpaired) electrons. The van der Waals surface area contributed by atoms with Crippen molar-refractivity contribution < 1.29 is 0 Å². The fourth-order valence-electron chi connectivity index (χ4n) is 1.81. The van der Waals surface area contributed by atoms with Crippen LogP contribution < -0.4 is 5.32 Å². The van der Waals surface area contributed by atoms with Gasteiger partial charge in [-0.05, 0) is 29.5 Å². The molecule has 1 aromatic rings. The normalized spacial score (nSPS) is 11.7. The smallest absolute Gasteiger partial charge is 0.0208 e. The highest BCUT2D eigenvalue weighted by atomic mass is 14.8. The van der Waals surface area contributed by atoms with Gasteiger partial charge in [-0.1, -0.05) is 52.0 Å². The lowest BCUT2D eigenvalue weighted by atomic mass is 9.84. The highest BCUT2D eigenvalue weighted by Gasteiger charge is 2.16. The topological polar surface area (TPSA) is 12.0 Å². The van der Waals surface area contributed by atoms with Crippen molar-refractivity contribution in [3.8, 4) is 0 Å². The van der Waals surface area contributed by atoms with E-state index >= 15 is 0 Å². The zero-order valence-corrected chi connectivity index (χ0v) is 10.4. The average molecular weight is 205 g/mol. The zero-order valence-electron chi connectivity index (χ0n) is 10.4. The van der Waals surface area contributed by atoms with Crippen LogP contribution in [0.1, 0.15) is 45.2 Å². The Balaban J connectivity index is 2.78. The van der Waals surface area contributed by atoms with Gasteiger partial charge < -0.3 is 5.32 Å². The second-order valence-corrected chi connectivity index (χ2v) is 5.08. The highest BCUT2D eigenvalue weighted by molar-refractivity contribution is 5.32. The summed E-state index contributed by atoms with van der Waals surface area (Å²) in [7, 11) is 0. The van der Waals surface area contributed by atoms with Gasteiger partial charge in [-0.25, -0.2) is 0 Å². The van der Waals surface area contributed by atoms with Gasteiger partial charge in [-0.3, -0.25) is 0 Å². The van der Waals surface area contributed by atoms with Crippen LogP contribution in [0.15, 0.2) is 24.3 Å². The Bertz CT molecular complexity index is 296. The lowest BCUT2D eigenvalue weighted by molar-refractivity contribution is 0.572. The molecule has 0 spiro atoms. The van der Waals surface area contributed by atoms with Crippen molar-refractivity contribution in [3.63, 3.8) is 0 Å². The molecular formula is C14H23N. The van der Waals surface area contributed by atoms with Gasteiger partial charge in [-0.15, -0.1) is 0 Å². The van der Waals surface area contributed by atoms with Crippen molar-refractivity contribution in [2.24, 2.45) is 0 Å². The number of hydrogen-bond acceptors (Lipinski definition) is 1. The van der Waals surface area contributed by atoms with E-state index in [1.165, 1.54) is 17.5 Å². The summed E-state index contributed by atoms with van der Waals surface area (Å²) in [5.74, 6) is 0. The third kappa shape index (κ3) is 3.67. The summed E-state index contributed by atoms with van der Waals surface area (Å²) >= 11 is 0. The van der Waals surface area contributed by atoms with Crippen molar-refractivity contribution in [1.82, 2.24) is 5.32 Å². The monoisotopic (exact) mass is 205 g/mol. The van der Waals surface area contributed by atoms with Crippen LogP contribution in [-0.4, -0.2) is 6.54 Å². The molecule has 1 heteroatoms. The summed E-state index contributed by atoms with van der Waals surface area (Å²) in [4.78, 5) is 0. The molecule has 0 aliphatic carbocycles. The van der Waals surface area contributed by atoms with Gasteiger partial charge in [0.05, 0.1) is 0 Å². The molecule has 0 aliphatic heterocycles. The molecule has 1 N–H and O–H groups in total. The SMILES string of the molecule is CCCNCc1ccccc1C(C)(C)C. The molecule has 0 saturated heterocycles. The van der Waals surface area contributed by atoms with Crippen LogP contribution in [-0.2, 0) is 12.0 Å². The van der Waals surface area contributed by atoms with Gasteiger partial charge in [-0.2, -0.15) is 0 Å². The molecule has 1 aromatic carbocycles. The molecule has 0 fully saturated rings. The summed E-state index contributed by atoms with van der Waals surface area (Å²) < 4.78 is 0. The van der Waals surface area contributed by atoms with Gasteiger partial charge in [0, 0.05) is 6.54 Å². The van der Waals surface area contributed by atoms with E-state index < -0.39 is 0 Å². The number of rotatable bonds is 4. The Morgan fingerprint density at radius 3 is 2.40 bits per heavy atom. The third-order valence-corrected chi connectivity index (χ3v) is 2.57. The minimum Gasteiger partial charge on any atom is -0.313 e. The summed E-state index contributed by atoms with van der Waals surface area (Å²) in [6.45, 7) is 11.1. The Hall–Kier alpha value is -0.820. The Labute approximate surface area is 93.9 Å². The van der Waals surface area contributed by atoms with E-state index in [4.69, 9.17) is 0 Å². The molecule has 0 aliphatic rings. The maximum Gasteiger partial charge on any atom is 0.0208 e. The first-order valence-electron chi connectivity index (χ1n) is 5.85. The van der Waals surface area contributed by atoms with Gasteiger partial charge >= 0.3 is 0 Å². The first-order valence-corrected chi connectivity index (χ1v) is 5.85. The predicted octanol–water partition coefficient (Wildman–Crippen LogP) is 3.48. The zero-order chi connectivity index (χ0) is 11.3. The standard InChI is InChI=1S/C14H23N/c1-5-10-15-11-12-8-6-7-9-13(12)14(2,3)4/h6-9,15H,5,10-11H2,1-4H3. The average Bonchev–Trinajstić information content (AvgIpc) is 2.17. The number of hydrogen-bond donors (Lipinski definition) is 1. The molecule has 84 valence electrons. The van der Waals surface area contributed by atoms with Crippen LogP contribution in [0.5, 0.6) is 0 Å². The Kier molecular flexibility index (Phi) is 4.34. The molecule has 0 amide bonds. The maximum absolute atomic E-state index is 3.46. The first-order chi connectivity index (χ1) is 7.05. The van der Waals surface area contributed by atoms with Crippen molar-refractivity contribution in [2.75, 3.05) is 6.54 Å². The molecule has 0 bridgehead atoms. The molecule has 0 atom stereocenters. The fraction of sp³-hybridized carbons (Fsp3) is 0.571. The lowest BCUT2D eigenvalue weighted by Crippen LogP contribution is -2.19. The maximum atomic E-state index is 3.46. The number of benzene rings is 1. The molecule has 1 rings (SSSR count). The van der Waals surface area contributed by atoms with E-state index in [0.717, 1.165) is 13.1 Å². The van der Waals surface area contributed by atoms with E-state index in [1.807, 2.05) is 0 Å². The van der Waals surface area contributed by atoms with E-state index in [0.29, 0.717) is 0 Å². The van der Waals surface area contributed by atoms with Gasteiger partial charge in [0.1, 0.15) is 0 Å². The minimum absolute atomic E-state index is 0.241. The molecule has 0 heterocycles. The van der Waals surface area contributed by atoms with E-state index in [2.05, 4.69) is 57.3 Å². The van der Waals surface area contributed by atoms with Crippen LogP contribution in [0.25, 0.3) is 0 Å².